The Labute approximate surface area is 115 Å². The molecule has 0 N–H and O–H groups in total. The molecule has 0 atom stereocenters. The Morgan fingerprint density at radius 1 is 1.35 bits per heavy atom. The predicted octanol–water partition coefficient (Wildman–Crippen LogP) is 0.475. The fraction of sp³-hybridized carbons (Fsp3) is 0.357. The number of fused-ring (bicyclic) bond motifs is 1. The van der Waals surface area contributed by atoms with Crippen LogP contribution in [0.2, 0.25) is 0 Å². The van der Waals surface area contributed by atoms with Crippen LogP contribution in [0.1, 0.15) is 15.9 Å². The van der Waals surface area contributed by atoms with Gasteiger partial charge in [0, 0.05) is 25.5 Å². The lowest BCUT2D eigenvalue weighted by atomic mass is 10.2. The highest BCUT2D eigenvalue weighted by atomic mass is 16.5. The van der Waals surface area contributed by atoms with Crippen LogP contribution < -0.4 is 5.56 Å². The van der Waals surface area contributed by atoms with Crippen molar-refractivity contribution in [3.8, 4) is 0 Å². The maximum absolute atomic E-state index is 12.4. The van der Waals surface area contributed by atoms with Crippen molar-refractivity contribution in [1.29, 1.82) is 0 Å². The summed E-state index contributed by atoms with van der Waals surface area (Å²) in [5, 5.41) is 0. The number of ether oxygens (including phenoxy) is 1. The van der Waals surface area contributed by atoms with Gasteiger partial charge in [0.2, 0.25) is 0 Å². The summed E-state index contributed by atoms with van der Waals surface area (Å²) >= 11 is 0. The van der Waals surface area contributed by atoms with Crippen LogP contribution in [0.15, 0.2) is 29.3 Å². The number of aryl methyl sites for hydroxylation is 1. The zero-order chi connectivity index (χ0) is 14.1. The summed E-state index contributed by atoms with van der Waals surface area (Å²) in [4.78, 5) is 30.6. The number of hydrogen-bond acceptors (Lipinski definition) is 4. The van der Waals surface area contributed by atoms with E-state index in [0.717, 1.165) is 5.56 Å². The van der Waals surface area contributed by atoms with Crippen LogP contribution in [0, 0.1) is 6.92 Å². The number of aromatic nitrogens is 2. The van der Waals surface area contributed by atoms with Gasteiger partial charge in [-0.15, -0.1) is 0 Å². The van der Waals surface area contributed by atoms with E-state index >= 15 is 0 Å². The Bertz CT molecular complexity index is 717. The molecule has 1 aliphatic heterocycles. The molecule has 0 aliphatic carbocycles. The predicted molar refractivity (Wildman–Crippen MR) is 72.9 cm³/mol. The summed E-state index contributed by atoms with van der Waals surface area (Å²) in [6, 6.07) is 3.65. The van der Waals surface area contributed by atoms with E-state index in [2.05, 4.69) is 4.98 Å². The third-order valence-electron chi connectivity index (χ3n) is 3.46. The van der Waals surface area contributed by atoms with Gasteiger partial charge in [-0.25, -0.2) is 4.98 Å². The van der Waals surface area contributed by atoms with Gasteiger partial charge in [0.15, 0.2) is 0 Å². The monoisotopic (exact) mass is 273 g/mol. The first kappa shape index (κ1) is 12.8. The summed E-state index contributed by atoms with van der Waals surface area (Å²) in [5.41, 5.74) is 1.26. The van der Waals surface area contributed by atoms with Crippen molar-refractivity contribution in [3.63, 3.8) is 0 Å². The molecule has 0 bridgehead atoms. The van der Waals surface area contributed by atoms with E-state index in [1.54, 1.807) is 17.2 Å². The quantitative estimate of drug-likeness (QED) is 0.758. The second-order valence-corrected chi connectivity index (χ2v) is 4.77. The number of morpholine rings is 1. The van der Waals surface area contributed by atoms with E-state index in [4.69, 9.17) is 4.74 Å². The van der Waals surface area contributed by atoms with Crippen molar-refractivity contribution in [3.05, 3.63) is 46.0 Å². The fourth-order valence-electron chi connectivity index (χ4n) is 2.33. The smallest absolute Gasteiger partial charge is 0.270 e. The van der Waals surface area contributed by atoms with E-state index in [-0.39, 0.29) is 17.0 Å². The molecule has 0 radical (unpaired) electrons. The van der Waals surface area contributed by atoms with Crippen LogP contribution in [-0.2, 0) is 4.74 Å². The molecule has 0 spiro atoms. The van der Waals surface area contributed by atoms with Crippen LogP contribution >= 0.6 is 0 Å². The number of amides is 1. The summed E-state index contributed by atoms with van der Waals surface area (Å²) in [7, 11) is 0. The molecule has 1 aliphatic rings. The number of nitrogens with zero attached hydrogens (tertiary/aromatic N) is 3. The number of hydrogen-bond donors (Lipinski definition) is 0. The van der Waals surface area contributed by atoms with Crippen LogP contribution in [0.5, 0.6) is 0 Å². The summed E-state index contributed by atoms with van der Waals surface area (Å²) in [6.07, 6.45) is 3.01. The van der Waals surface area contributed by atoms with Crippen molar-refractivity contribution >= 4 is 11.6 Å². The minimum absolute atomic E-state index is 0.106. The normalized spacial score (nSPS) is 15.6. The van der Waals surface area contributed by atoms with Gasteiger partial charge < -0.3 is 9.64 Å². The molecule has 0 unspecified atom stereocenters. The van der Waals surface area contributed by atoms with Crippen molar-refractivity contribution < 1.29 is 9.53 Å². The average Bonchev–Trinajstić information content (AvgIpc) is 2.49. The lowest BCUT2D eigenvalue weighted by Crippen LogP contribution is -2.43. The highest BCUT2D eigenvalue weighted by Gasteiger charge is 2.22. The molecule has 2 aromatic rings. The second kappa shape index (κ2) is 5.05. The highest BCUT2D eigenvalue weighted by molar-refractivity contribution is 5.93. The standard InChI is InChI=1S/C14H15N3O3/c1-10-3-2-4-17-12(10)15-9-11(14(17)19)13(18)16-5-7-20-8-6-16/h2-4,9H,5-8H2,1H3. The first-order valence-electron chi connectivity index (χ1n) is 6.52. The highest BCUT2D eigenvalue weighted by Crippen LogP contribution is 2.07. The van der Waals surface area contributed by atoms with Crippen LogP contribution in [-0.4, -0.2) is 46.5 Å². The van der Waals surface area contributed by atoms with Crippen molar-refractivity contribution in [2.24, 2.45) is 0 Å². The number of carbonyl (C=O) groups excluding carboxylic acids is 1. The molecule has 0 aromatic carbocycles. The van der Waals surface area contributed by atoms with E-state index in [9.17, 15) is 9.59 Å². The second-order valence-electron chi connectivity index (χ2n) is 4.77. The van der Waals surface area contributed by atoms with E-state index in [1.165, 1.54) is 10.6 Å². The van der Waals surface area contributed by atoms with Gasteiger partial charge in [-0.1, -0.05) is 6.07 Å². The van der Waals surface area contributed by atoms with Gasteiger partial charge in [-0.3, -0.25) is 14.0 Å². The molecule has 1 fully saturated rings. The van der Waals surface area contributed by atoms with Crippen LogP contribution in [0.25, 0.3) is 5.65 Å². The molecule has 3 rings (SSSR count). The third-order valence-corrected chi connectivity index (χ3v) is 3.46. The molecule has 3 heterocycles. The van der Waals surface area contributed by atoms with Crippen molar-refractivity contribution in [2.45, 2.75) is 6.92 Å². The Hall–Kier alpha value is -2.21. The molecule has 2 aromatic heterocycles. The Kier molecular flexibility index (Phi) is 3.23. The lowest BCUT2D eigenvalue weighted by molar-refractivity contribution is 0.0301. The number of rotatable bonds is 1. The molecule has 20 heavy (non-hydrogen) atoms. The Morgan fingerprint density at radius 2 is 2.10 bits per heavy atom. The third kappa shape index (κ3) is 2.08. The first-order valence-corrected chi connectivity index (χ1v) is 6.52. The van der Waals surface area contributed by atoms with Gasteiger partial charge in [-0.05, 0) is 18.6 Å². The molecule has 1 amide bonds. The largest absolute Gasteiger partial charge is 0.378 e. The van der Waals surface area contributed by atoms with Gasteiger partial charge >= 0.3 is 0 Å². The maximum Gasteiger partial charge on any atom is 0.270 e. The number of carbonyl (C=O) groups is 1. The summed E-state index contributed by atoms with van der Waals surface area (Å²) < 4.78 is 6.63. The molecule has 1 saturated heterocycles. The number of pyridine rings is 1. The Morgan fingerprint density at radius 3 is 2.85 bits per heavy atom. The molecule has 6 heteroatoms. The molecule has 6 nitrogen and oxygen atoms in total. The van der Waals surface area contributed by atoms with Crippen molar-refractivity contribution in [2.75, 3.05) is 26.3 Å². The molecular weight excluding hydrogens is 258 g/mol. The average molecular weight is 273 g/mol. The van der Waals surface area contributed by atoms with E-state index < -0.39 is 0 Å². The van der Waals surface area contributed by atoms with Gasteiger partial charge in [0.1, 0.15) is 11.2 Å². The SMILES string of the molecule is Cc1cccn2c(=O)c(C(=O)N3CCOCC3)cnc12. The first-order chi connectivity index (χ1) is 9.68. The summed E-state index contributed by atoms with van der Waals surface area (Å²) in [6.45, 7) is 3.91. The van der Waals surface area contributed by atoms with Crippen LogP contribution in [0.3, 0.4) is 0 Å². The maximum atomic E-state index is 12.4. The lowest BCUT2D eigenvalue weighted by Gasteiger charge is -2.26. The summed E-state index contributed by atoms with van der Waals surface area (Å²) in [5.74, 6) is -0.276. The fourth-order valence-corrected chi connectivity index (χ4v) is 2.33. The minimum Gasteiger partial charge on any atom is -0.378 e. The van der Waals surface area contributed by atoms with Gasteiger partial charge in [0.25, 0.3) is 11.5 Å². The van der Waals surface area contributed by atoms with Crippen molar-refractivity contribution in [1.82, 2.24) is 14.3 Å². The van der Waals surface area contributed by atoms with Gasteiger partial charge in [0.05, 0.1) is 13.2 Å². The molecule has 104 valence electrons. The molecular formula is C14H15N3O3. The van der Waals surface area contributed by atoms with E-state index in [0.29, 0.717) is 32.0 Å². The Balaban J connectivity index is 2.06. The van der Waals surface area contributed by atoms with Crippen LogP contribution in [0.4, 0.5) is 0 Å². The topological polar surface area (TPSA) is 63.9 Å². The molecule has 0 saturated carbocycles. The zero-order valence-corrected chi connectivity index (χ0v) is 11.2. The van der Waals surface area contributed by atoms with Gasteiger partial charge in [-0.2, -0.15) is 0 Å². The minimum atomic E-state index is -0.324. The van der Waals surface area contributed by atoms with E-state index in [1.807, 2.05) is 13.0 Å². The zero-order valence-electron chi connectivity index (χ0n) is 11.2.